The number of fused-ring (bicyclic) bond motifs is 1. The van der Waals surface area contributed by atoms with E-state index in [-0.39, 0.29) is 11.7 Å². The Labute approximate surface area is 109 Å². The molecule has 1 atom stereocenters. The first kappa shape index (κ1) is 11.5. The fourth-order valence-electron chi connectivity index (χ4n) is 2.23. The standard InChI is InChI=1S/C14H13N3O2/c1-9(10-5-3-2-4-6-10)17-13-7-11(14(18)19)16-12(13)8-15-17/h2-9,16H,1H3,(H,18,19). The number of hydrogen-bond acceptors (Lipinski definition) is 2. The van der Waals surface area contributed by atoms with Crippen molar-refractivity contribution in [2.45, 2.75) is 13.0 Å². The average molecular weight is 255 g/mol. The lowest BCUT2D eigenvalue weighted by Gasteiger charge is -2.13. The van der Waals surface area contributed by atoms with Crippen LogP contribution in [0.25, 0.3) is 11.0 Å². The predicted molar refractivity (Wildman–Crippen MR) is 71.3 cm³/mol. The normalized spacial score (nSPS) is 12.7. The Morgan fingerprint density at radius 2 is 2.11 bits per heavy atom. The highest BCUT2D eigenvalue weighted by molar-refractivity contribution is 5.92. The minimum absolute atomic E-state index is 0.0520. The Kier molecular flexibility index (Phi) is 2.59. The Morgan fingerprint density at radius 3 is 2.79 bits per heavy atom. The second kappa shape index (κ2) is 4.28. The zero-order chi connectivity index (χ0) is 13.4. The van der Waals surface area contributed by atoms with Crippen LogP contribution in [0.2, 0.25) is 0 Å². The van der Waals surface area contributed by atoms with Crippen molar-refractivity contribution in [1.82, 2.24) is 14.8 Å². The van der Waals surface area contributed by atoms with E-state index in [1.165, 1.54) is 0 Å². The summed E-state index contributed by atoms with van der Waals surface area (Å²) in [5, 5.41) is 13.3. The lowest BCUT2D eigenvalue weighted by Crippen LogP contribution is -2.07. The number of carboxylic acids is 1. The summed E-state index contributed by atoms with van der Waals surface area (Å²) in [6.07, 6.45) is 1.65. The van der Waals surface area contributed by atoms with Gasteiger partial charge < -0.3 is 10.1 Å². The third kappa shape index (κ3) is 1.89. The minimum Gasteiger partial charge on any atom is -0.477 e. The molecule has 2 N–H and O–H groups in total. The second-order valence-corrected chi connectivity index (χ2v) is 4.46. The molecule has 2 aromatic heterocycles. The van der Waals surface area contributed by atoms with Gasteiger partial charge >= 0.3 is 5.97 Å². The van der Waals surface area contributed by atoms with E-state index in [1.807, 2.05) is 41.9 Å². The molecule has 0 aliphatic heterocycles. The van der Waals surface area contributed by atoms with Crippen LogP contribution in [0.1, 0.15) is 29.0 Å². The Balaban J connectivity index is 2.07. The quantitative estimate of drug-likeness (QED) is 0.755. The van der Waals surface area contributed by atoms with Gasteiger partial charge in [-0.15, -0.1) is 0 Å². The number of aromatic carboxylic acids is 1. The molecule has 96 valence electrons. The van der Waals surface area contributed by atoms with Crippen LogP contribution in [-0.4, -0.2) is 25.8 Å². The Morgan fingerprint density at radius 1 is 1.37 bits per heavy atom. The summed E-state index contributed by atoms with van der Waals surface area (Å²) in [6.45, 7) is 2.04. The van der Waals surface area contributed by atoms with Gasteiger partial charge in [-0.2, -0.15) is 5.10 Å². The van der Waals surface area contributed by atoms with Crippen molar-refractivity contribution < 1.29 is 9.90 Å². The molecule has 0 aliphatic rings. The van der Waals surface area contributed by atoms with Crippen LogP contribution in [0.4, 0.5) is 0 Å². The van der Waals surface area contributed by atoms with Crippen molar-refractivity contribution in [3.05, 3.63) is 53.9 Å². The first-order valence-electron chi connectivity index (χ1n) is 6.01. The number of carboxylic acid groups (broad SMARTS) is 1. The van der Waals surface area contributed by atoms with Crippen LogP contribution >= 0.6 is 0 Å². The van der Waals surface area contributed by atoms with Crippen molar-refractivity contribution in [1.29, 1.82) is 0 Å². The number of rotatable bonds is 3. The summed E-state index contributed by atoms with van der Waals surface area (Å²) < 4.78 is 1.83. The molecule has 1 aromatic carbocycles. The van der Waals surface area contributed by atoms with E-state index in [2.05, 4.69) is 10.1 Å². The first-order chi connectivity index (χ1) is 9.16. The van der Waals surface area contributed by atoms with E-state index in [0.717, 1.165) is 16.6 Å². The molecule has 0 fully saturated rings. The van der Waals surface area contributed by atoms with E-state index < -0.39 is 5.97 Å². The van der Waals surface area contributed by atoms with Gasteiger partial charge in [-0.1, -0.05) is 30.3 Å². The third-order valence-electron chi connectivity index (χ3n) is 3.26. The van der Waals surface area contributed by atoms with E-state index >= 15 is 0 Å². The summed E-state index contributed by atoms with van der Waals surface area (Å²) in [5.41, 5.74) is 2.85. The molecule has 0 saturated carbocycles. The van der Waals surface area contributed by atoms with Gasteiger partial charge in [0.05, 0.1) is 23.3 Å². The third-order valence-corrected chi connectivity index (χ3v) is 3.26. The highest BCUT2D eigenvalue weighted by atomic mass is 16.4. The van der Waals surface area contributed by atoms with Gasteiger partial charge in [0.1, 0.15) is 5.69 Å². The minimum atomic E-state index is -0.963. The van der Waals surface area contributed by atoms with E-state index in [0.29, 0.717) is 0 Å². The van der Waals surface area contributed by atoms with E-state index in [9.17, 15) is 4.79 Å². The topological polar surface area (TPSA) is 70.9 Å². The van der Waals surface area contributed by atoms with Gasteiger partial charge in [-0.05, 0) is 18.6 Å². The van der Waals surface area contributed by atoms with Crippen LogP contribution in [0.3, 0.4) is 0 Å². The van der Waals surface area contributed by atoms with E-state index in [4.69, 9.17) is 5.11 Å². The number of H-pyrrole nitrogens is 1. The SMILES string of the molecule is CC(c1ccccc1)n1ncc2[nH]c(C(=O)O)cc21. The molecule has 2 heterocycles. The molecule has 1 unspecified atom stereocenters. The van der Waals surface area contributed by atoms with E-state index in [1.54, 1.807) is 12.3 Å². The monoisotopic (exact) mass is 255 g/mol. The molecule has 3 rings (SSSR count). The maximum Gasteiger partial charge on any atom is 0.352 e. The first-order valence-corrected chi connectivity index (χ1v) is 6.01. The molecule has 5 nitrogen and oxygen atoms in total. The highest BCUT2D eigenvalue weighted by Crippen LogP contribution is 2.23. The molecule has 0 spiro atoms. The summed E-state index contributed by atoms with van der Waals surface area (Å²) in [6, 6.07) is 11.7. The second-order valence-electron chi connectivity index (χ2n) is 4.46. The number of nitrogens with one attached hydrogen (secondary N) is 1. The Bertz CT molecular complexity index is 728. The summed E-state index contributed by atoms with van der Waals surface area (Å²) in [7, 11) is 0. The molecular formula is C14H13N3O2. The maximum absolute atomic E-state index is 11.0. The number of aromatic amines is 1. The van der Waals surface area contributed by atoms with Crippen molar-refractivity contribution in [2.24, 2.45) is 0 Å². The number of aromatic nitrogens is 3. The smallest absolute Gasteiger partial charge is 0.352 e. The van der Waals surface area contributed by atoms with Crippen molar-refractivity contribution in [3.63, 3.8) is 0 Å². The molecule has 0 radical (unpaired) electrons. The van der Waals surface area contributed by atoms with Gasteiger partial charge in [-0.3, -0.25) is 4.68 Å². The fraction of sp³-hybridized carbons (Fsp3) is 0.143. The van der Waals surface area contributed by atoms with Crippen LogP contribution in [0.5, 0.6) is 0 Å². The largest absolute Gasteiger partial charge is 0.477 e. The molecule has 3 aromatic rings. The molecule has 0 aliphatic carbocycles. The van der Waals surface area contributed by atoms with Gasteiger partial charge in [0.15, 0.2) is 0 Å². The number of hydrogen-bond donors (Lipinski definition) is 2. The zero-order valence-electron chi connectivity index (χ0n) is 10.4. The van der Waals surface area contributed by atoms with Crippen molar-refractivity contribution in [3.8, 4) is 0 Å². The van der Waals surface area contributed by atoms with Gasteiger partial charge in [0.2, 0.25) is 0 Å². The summed E-state index contributed by atoms with van der Waals surface area (Å²) >= 11 is 0. The number of nitrogens with zero attached hydrogens (tertiary/aromatic N) is 2. The van der Waals surface area contributed by atoms with Gasteiger partial charge in [-0.25, -0.2) is 4.79 Å². The summed E-state index contributed by atoms with van der Waals surface area (Å²) in [4.78, 5) is 13.8. The maximum atomic E-state index is 11.0. The fourth-order valence-corrected chi connectivity index (χ4v) is 2.23. The van der Waals surface area contributed by atoms with Crippen molar-refractivity contribution in [2.75, 3.05) is 0 Å². The van der Waals surface area contributed by atoms with Crippen LogP contribution in [-0.2, 0) is 0 Å². The average Bonchev–Trinajstić information content (AvgIpc) is 2.98. The van der Waals surface area contributed by atoms with Gasteiger partial charge in [0, 0.05) is 0 Å². The highest BCUT2D eigenvalue weighted by Gasteiger charge is 2.15. The number of benzene rings is 1. The molecule has 0 amide bonds. The number of carbonyl (C=O) groups is 1. The zero-order valence-corrected chi connectivity index (χ0v) is 10.4. The molecular weight excluding hydrogens is 242 g/mol. The lowest BCUT2D eigenvalue weighted by atomic mass is 10.1. The van der Waals surface area contributed by atoms with Gasteiger partial charge in [0.25, 0.3) is 0 Å². The molecule has 0 saturated heterocycles. The molecule has 0 bridgehead atoms. The van der Waals surface area contributed by atoms with Crippen LogP contribution in [0.15, 0.2) is 42.6 Å². The molecule has 19 heavy (non-hydrogen) atoms. The molecule has 5 heteroatoms. The van der Waals surface area contributed by atoms with Crippen LogP contribution in [0, 0.1) is 0 Å². The lowest BCUT2D eigenvalue weighted by molar-refractivity contribution is 0.0691. The summed E-state index contributed by atoms with van der Waals surface area (Å²) in [5.74, 6) is -0.963. The van der Waals surface area contributed by atoms with Crippen molar-refractivity contribution >= 4 is 17.0 Å². The predicted octanol–water partition coefficient (Wildman–Crippen LogP) is 2.67. The Hall–Kier alpha value is -2.56. The van der Waals surface area contributed by atoms with Crippen LogP contribution < -0.4 is 0 Å².